The molecule has 6 nitrogen and oxygen atoms in total. The highest BCUT2D eigenvalue weighted by atomic mass is 16.5. The second kappa shape index (κ2) is 8.04. The van der Waals surface area contributed by atoms with Gasteiger partial charge in [0.1, 0.15) is 11.5 Å². The molecule has 0 spiro atoms. The second-order valence-electron chi connectivity index (χ2n) is 6.06. The predicted octanol–water partition coefficient (Wildman–Crippen LogP) is 2.32. The maximum atomic E-state index is 12.5. The largest absolute Gasteiger partial charge is 0.497 e. The molecule has 0 N–H and O–H groups in total. The highest BCUT2D eigenvalue weighted by Gasteiger charge is 2.37. The number of anilines is 1. The first-order valence-corrected chi connectivity index (χ1v) is 8.29. The Bertz CT molecular complexity index is 603. The van der Waals surface area contributed by atoms with Gasteiger partial charge in [0.25, 0.3) is 0 Å². The minimum absolute atomic E-state index is 0.0289. The Hall–Kier alpha value is -2.24. The summed E-state index contributed by atoms with van der Waals surface area (Å²) in [4.78, 5) is 28.3. The highest BCUT2D eigenvalue weighted by Crippen LogP contribution is 2.36. The van der Waals surface area contributed by atoms with Gasteiger partial charge in [-0.15, -0.1) is 0 Å². The van der Waals surface area contributed by atoms with Gasteiger partial charge in [-0.3, -0.25) is 9.59 Å². The molecule has 24 heavy (non-hydrogen) atoms. The Balaban J connectivity index is 2.16. The van der Waals surface area contributed by atoms with E-state index in [0.717, 1.165) is 19.4 Å². The van der Waals surface area contributed by atoms with Crippen molar-refractivity contribution in [2.45, 2.75) is 26.2 Å². The molecule has 0 saturated carbocycles. The Morgan fingerprint density at radius 3 is 2.71 bits per heavy atom. The van der Waals surface area contributed by atoms with Gasteiger partial charge in [0, 0.05) is 32.6 Å². The molecule has 2 rings (SSSR count). The van der Waals surface area contributed by atoms with Gasteiger partial charge in [-0.1, -0.05) is 13.3 Å². The van der Waals surface area contributed by atoms with Gasteiger partial charge in [0.15, 0.2) is 0 Å². The molecule has 2 amide bonds. The summed E-state index contributed by atoms with van der Waals surface area (Å²) in [5.41, 5.74) is 0.647. The van der Waals surface area contributed by atoms with Gasteiger partial charge in [-0.25, -0.2) is 0 Å². The zero-order valence-electron chi connectivity index (χ0n) is 14.9. The van der Waals surface area contributed by atoms with Crippen LogP contribution in [0.5, 0.6) is 11.5 Å². The fourth-order valence-corrected chi connectivity index (χ4v) is 2.93. The summed E-state index contributed by atoms with van der Waals surface area (Å²) in [6, 6.07) is 5.32. The molecule has 0 radical (unpaired) electrons. The van der Waals surface area contributed by atoms with E-state index in [0.29, 0.717) is 23.7 Å². The number of hydrogen-bond donors (Lipinski definition) is 0. The van der Waals surface area contributed by atoms with E-state index in [1.165, 1.54) is 0 Å². The average molecular weight is 334 g/mol. The second-order valence-corrected chi connectivity index (χ2v) is 6.06. The van der Waals surface area contributed by atoms with Crippen LogP contribution in [0.1, 0.15) is 26.2 Å². The van der Waals surface area contributed by atoms with Crippen molar-refractivity contribution in [3.05, 3.63) is 18.2 Å². The molecule has 1 fully saturated rings. The van der Waals surface area contributed by atoms with Crippen molar-refractivity contribution >= 4 is 17.5 Å². The number of amides is 2. The Kier molecular flexibility index (Phi) is 6.06. The first-order valence-electron chi connectivity index (χ1n) is 8.29. The van der Waals surface area contributed by atoms with Crippen LogP contribution >= 0.6 is 0 Å². The van der Waals surface area contributed by atoms with Gasteiger partial charge in [-0.05, 0) is 18.6 Å². The molecule has 1 heterocycles. The monoisotopic (exact) mass is 334 g/mol. The smallest absolute Gasteiger partial charge is 0.227 e. The molecular formula is C18H26N2O4. The molecule has 1 saturated heterocycles. The molecule has 1 aromatic rings. The predicted molar refractivity (Wildman–Crippen MR) is 92.6 cm³/mol. The van der Waals surface area contributed by atoms with Crippen LogP contribution in [-0.4, -0.2) is 51.1 Å². The lowest BCUT2D eigenvalue weighted by Crippen LogP contribution is -2.35. The number of carbonyl (C=O) groups excluding carboxylic acids is 2. The zero-order chi connectivity index (χ0) is 17.7. The van der Waals surface area contributed by atoms with Crippen molar-refractivity contribution < 1.29 is 19.1 Å². The van der Waals surface area contributed by atoms with Gasteiger partial charge in [-0.2, -0.15) is 0 Å². The van der Waals surface area contributed by atoms with E-state index in [9.17, 15) is 9.59 Å². The topological polar surface area (TPSA) is 59.1 Å². The number of ether oxygens (including phenoxy) is 2. The number of nitrogens with zero attached hydrogens (tertiary/aromatic N) is 2. The van der Waals surface area contributed by atoms with Crippen molar-refractivity contribution in [1.29, 1.82) is 0 Å². The Morgan fingerprint density at radius 1 is 1.33 bits per heavy atom. The number of carbonyl (C=O) groups is 2. The maximum absolute atomic E-state index is 12.5. The fourth-order valence-electron chi connectivity index (χ4n) is 2.93. The van der Waals surface area contributed by atoms with Crippen molar-refractivity contribution in [2.75, 3.05) is 39.3 Å². The minimum Gasteiger partial charge on any atom is -0.497 e. The van der Waals surface area contributed by atoms with Crippen LogP contribution in [0.25, 0.3) is 0 Å². The molecule has 0 aromatic heterocycles. The first kappa shape index (κ1) is 18.1. The Morgan fingerprint density at radius 2 is 2.08 bits per heavy atom. The van der Waals surface area contributed by atoms with E-state index in [1.54, 1.807) is 49.3 Å². The Labute approximate surface area is 143 Å². The van der Waals surface area contributed by atoms with Gasteiger partial charge < -0.3 is 19.3 Å². The number of hydrogen-bond acceptors (Lipinski definition) is 4. The van der Waals surface area contributed by atoms with Crippen molar-refractivity contribution in [3.8, 4) is 11.5 Å². The zero-order valence-corrected chi connectivity index (χ0v) is 14.9. The quantitative estimate of drug-likeness (QED) is 0.768. The fraction of sp³-hybridized carbons (Fsp3) is 0.556. The molecule has 0 bridgehead atoms. The molecule has 1 aliphatic rings. The van der Waals surface area contributed by atoms with Crippen LogP contribution in [0.2, 0.25) is 0 Å². The standard InChI is InChI=1S/C18H26N2O4/c1-5-6-9-19(2)18(22)13-10-17(21)20(12-13)15-11-14(23-3)7-8-16(15)24-4/h7-8,11,13H,5-6,9-10,12H2,1-4H3. The minimum atomic E-state index is -0.310. The third kappa shape index (κ3) is 3.80. The third-order valence-corrected chi connectivity index (χ3v) is 4.37. The summed E-state index contributed by atoms with van der Waals surface area (Å²) in [5.74, 6) is 0.894. The summed E-state index contributed by atoms with van der Waals surface area (Å²) in [6.45, 7) is 3.19. The maximum Gasteiger partial charge on any atom is 0.227 e. The van der Waals surface area contributed by atoms with Crippen LogP contribution in [0, 0.1) is 5.92 Å². The van der Waals surface area contributed by atoms with Crippen LogP contribution in [0.3, 0.4) is 0 Å². The summed E-state index contributed by atoms with van der Waals surface area (Å²) in [7, 11) is 4.94. The van der Waals surface area contributed by atoms with Crippen molar-refractivity contribution in [2.24, 2.45) is 5.92 Å². The third-order valence-electron chi connectivity index (χ3n) is 4.37. The summed E-state index contributed by atoms with van der Waals surface area (Å²) in [6.07, 6.45) is 2.24. The molecule has 0 aliphatic carbocycles. The number of unbranched alkanes of at least 4 members (excludes halogenated alkanes) is 1. The lowest BCUT2D eigenvalue weighted by atomic mass is 10.1. The molecule has 132 valence electrons. The van der Waals surface area contributed by atoms with Crippen LogP contribution in [-0.2, 0) is 9.59 Å². The summed E-state index contributed by atoms with van der Waals surface area (Å²) >= 11 is 0. The van der Waals surface area contributed by atoms with E-state index in [1.807, 2.05) is 0 Å². The van der Waals surface area contributed by atoms with Gasteiger partial charge in [0.05, 0.1) is 25.8 Å². The summed E-state index contributed by atoms with van der Waals surface area (Å²) < 4.78 is 10.6. The lowest BCUT2D eigenvalue weighted by molar-refractivity contribution is -0.134. The van der Waals surface area contributed by atoms with Gasteiger partial charge >= 0.3 is 0 Å². The molecule has 1 atom stereocenters. The van der Waals surface area contributed by atoms with Crippen LogP contribution in [0.15, 0.2) is 18.2 Å². The molecule has 1 aliphatic heterocycles. The molecule has 1 unspecified atom stereocenters. The van der Waals surface area contributed by atoms with Crippen molar-refractivity contribution in [1.82, 2.24) is 4.90 Å². The normalized spacial score (nSPS) is 17.1. The SMILES string of the molecule is CCCCN(C)C(=O)C1CC(=O)N(c2cc(OC)ccc2OC)C1. The number of methoxy groups -OCH3 is 2. The average Bonchev–Trinajstić information content (AvgIpc) is 2.99. The van der Waals surface area contributed by atoms with Crippen molar-refractivity contribution in [3.63, 3.8) is 0 Å². The first-order chi connectivity index (χ1) is 11.5. The summed E-state index contributed by atoms with van der Waals surface area (Å²) in [5, 5.41) is 0. The van der Waals surface area contributed by atoms with Crippen LogP contribution < -0.4 is 14.4 Å². The van der Waals surface area contributed by atoms with Gasteiger partial charge in [0.2, 0.25) is 11.8 Å². The van der Waals surface area contributed by atoms with E-state index < -0.39 is 0 Å². The van der Waals surface area contributed by atoms with E-state index >= 15 is 0 Å². The number of benzene rings is 1. The molecule has 6 heteroatoms. The lowest BCUT2D eigenvalue weighted by Gasteiger charge is -2.22. The number of rotatable bonds is 7. The van der Waals surface area contributed by atoms with E-state index in [-0.39, 0.29) is 24.2 Å². The molecule has 1 aromatic carbocycles. The van der Waals surface area contributed by atoms with E-state index in [2.05, 4.69) is 6.92 Å². The van der Waals surface area contributed by atoms with E-state index in [4.69, 9.17) is 9.47 Å². The molecular weight excluding hydrogens is 308 g/mol. The highest BCUT2D eigenvalue weighted by molar-refractivity contribution is 6.01. The van der Waals surface area contributed by atoms with Crippen LogP contribution in [0.4, 0.5) is 5.69 Å².